The molecule has 0 radical (unpaired) electrons. The normalized spacial score (nSPS) is 12.5. The van der Waals surface area contributed by atoms with Crippen LogP contribution in [0.4, 0.5) is 0 Å². The molecule has 0 aromatic heterocycles. The maximum Gasteiger partial charge on any atom is 0.245 e. The van der Waals surface area contributed by atoms with Crippen molar-refractivity contribution in [3.05, 3.63) is 303 Å². The predicted octanol–water partition coefficient (Wildman–Crippen LogP) is 31.3. The molecule has 0 atom stereocenters. The highest BCUT2D eigenvalue weighted by Crippen LogP contribution is 2.53. The fraction of sp³-hybridized carbons (Fsp3) is 0.410. The number of hydrogen-bond donors (Lipinski definition) is 0. The van der Waals surface area contributed by atoms with Crippen molar-refractivity contribution < 1.29 is 83.0 Å². The van der Waals surface area contributed by atoms with Gasteiger partial charge in [-0.15, -0.1) is 0 Å². The summed E-state index contributed by atoms with van der Waals surface area (Å²) in [6.07, 6.45) is 22.4. The predicted molar refractivity (Wildman–Crippen MR) is 607 cm³/mol. The molecular weight excluding hydrogens is 1950 g/mol. The Bertz CT molecular complexity index is 4680. The Hall–Kier alpha value is -10.6. The summed E-state index contributed by atoms with van der Waals surface area (Å²) in [6.45, 7) is 41.7. The van der Waals surface area contributed by atoms with Gasteiger partial charge in [-0.25, -0.2) is 0 Å². The van der Waals surface area contributed by atoms with Gasteiger partial charge in [0.2, 0.25) is 74.9 Å². The minimum Gasteiger partial charge on any atom is -0.544 e. The minimum absolute atomic E-state index is 0.552. The highest BCUT2D eigenvalue weighted by molar-refractivity contribution is 6.75. The first-order chi connectivity index (χ1) is 68.3. The van der Waals surface area contributed by atoms with E-state index in [1.54, 1.807) is 0 Å². The van der Waals surface area contributed by atoms with Gasteiger partial charge >= 0.3 is 0 Å². The summed E-state index contributed by atoms with van der Waals surface area (Å²) in [7, 11) is -23.6. The summed E-state index contributed by atoms with van der Waals surface area (Å²) >= 11 is 0. The molecular formula is C117H156O18Si9. The zero-order chi connectivity index (χ0) is 105. The summed E-state index contributed by atoms with van der Waals surface area (Å²) in [6, 6.07) is 83.0. The van der Waals surface area contributed by atoms with Crippen LogP contribution < -0.4 is 39.8 Å². The molecule has 0 saturated carbocycles. The Labute approximate surface area is 867 Å². The van der Waals surface area contributed by atoms with Crippen molar-refractivity contribution >= 4 is 131 Å². The highest BCUT2D eigenvalue weighted by Gasteiger charge is 2.45. The fourth-order valence-electron chi connectivity index (χ4n) is 20.5. The SMILES string of the molecule is C[Si](C)(CCCC(CCC[Si](C)(C)Oc1ccc(C=O)cc1)(CCC[Si](C)(C)Oc1ccc(C=O)cc1)c1cc(C(CCC[Si](C)(C)Oc2ccc(C=O)cc2)(CCC[Si](C)(C)Oc2ccc(C=O)cc2)CCC[Si](C)(C)Oc2ccc(C=O)cc2)cc(C(CCC[Si](C)(C)Oc2ccc(C=O)cc2)(CCC[Si](C)(C)Oc2ccc(C=O)cc2)CCC[Si](C)(C)Oc2ccc(C=O)cc2)c1)Oc1ccc(C=O)cc1. The number of aldehydes is 9. The van der Waals surface area contributed by atoms with Gasteiger partial charge in [0.15, 0.2) is 0 Å². The zero-order valence-corrected chi connectivity index (χ0v) is 97.7. The molecule has 27 heteroatoms. The molecule has 0 amide bonds. The molecule has 0 aliphatic rings. The Morgan fingerprint density at radius 1 is 0.160 bits per heavy atom. The van der Waals surface area contributed by atoms with Gasteiger partial charge in [-0.2, -0.15) is 0 Å². The van der Waals surface area contributed by atoms with Crippen LogP contribution in [-0.2, 0) is 16.2 Å². The van der Waals surface area contributed by atoms with E-state index in [0.29, 0.717) is 50.1 Å². The molecule has 0 fully saturated rings. The first-order valence-corrected chi connectivity index (χ1v) is 79.7. The van der Waals surface area contributed by atoms with E-state index in [0.717, 1.165) is 278 Å². The number of rotatable bonds is 66. The van der Waals surface area contributed by atoms with Gasteiger partial charge in [0.25, 0.3) is 0 Å². The molecule has 768 valence electrons. The van der Waals surface area contributed by atoms with Crippen LogP contribution >= 0.6 is 0 Å². The van der Waals surface area contributed by atoms with E-state index < -0.39 is 91.1 Å². The Kier molecular flexibility index (Phi) is 42.1. The lowest BCUT2D eigenvalue weighted by Crippen LogP contribution is -2.39. The van der Waals surface area contributed by atoms with E-state index >= 15 is 0 Å². The molecule has 0 heterocycles. The van der Waals surface area contributed by atoms with Crippen LogP contribution in [0.15, 0.2) is 237 Å². The third kappa shape index (κ3) is 37.4. The molecule has 0 aliphatic heterocycles. The lowest BCUT2D eigenvalue weighted by molar-refractivity contribution is 0.111. The van der Waals surface area contributed by atoms with Crippen LogP contribution in [0.3, 0.4) is 0 Å². The van der Waals surface area contributed by atoms with Crippen LogP contribution in [0.2, 0.25) is 172 Å². The van der Waals surface area contributed by atoms with Gasteiger partial charge in [0.05, 0.1) is 0 Å². The topological polar surface area (TPSA) is 237 Å². The van der Waals surface area contributed by atoms with Gasteiger partial charge < -0.3 is 39.8 Å². The second kappa shape index (κ2) is 52.6. The summed E-state index contributed by atoms with van der Waals surface area (Å²) in [4.78, 5) is 110. The van der Waals surface area contributed by atoms with Gasteiger partial charge in [0, 0.05) is 50.1 Å². The third-order valence-corrected chi connectivity index (χ3v) is 49.5. The Morgan fingerprint density at radius 2 is 0.250 bits per heavy atom. The van der Waals surface area contributed by atoms with Crippen molar-refractivity contribution in [3.63, 3.8) is 0 Å². The fourth-order valence-corrected chi connectivity index (χ4v) is 37.6. The summed E-state index contributed by atoms with van der Waals surface area (Å²) in [5, 5.41) is 0. The summed E-state index contributed by atoms with van der Waals surface area (Å²) in [5.74, 6) is 6.62. The lowest BCUT2D eigenvalue weighted by Gasteiger charge is -2.44. The van der Waals surface area contributed by atoms with E-state index in [4.69, 9.17) is 39.8 Å². The molecule has 0 N–H and O–H groups in total. The van der Waals surface area contributed by atoms with Crippen molar-refractivity contribution in [1.29, 1.82) is 0 Å². The molecule has 0 bridgehead atoms. The largest absolute Gasteiger partial charge is 0.544 e. The van der Waals surface area contributed by atoms with Crippen molar-refractivity contribution in [2.45, 2.75) is 304 Å². The van der Waals surface area contributed by atoms with Gasteiger partial charge in [0.1, 0.15) is 108 Å². The van der Waals surface area contributed by atoms with Gasteiger partial charge in [-0.3, -0.25) is 43.2 Å². The van der Waals surface area contributed by atoms with Crippen LogP contribution in [0.25, 0.3) is 0 Å². The number of carbonyl (C=O) groups is 9. The Balaban J connectivity index is 1.31. The van der Waals surface area contributed by atoms with Crippen molar-refractivity contribution in [3.8, 4) is 51.7 Å². The lowest BCUT2D eigenvalue weighted by atomic mass is 9.63. The molecule has 144 heavy (non-hydrogen) atoms. The smallest absolute Gasteiger partial charge is 0.245 e. The average Bonchev–Trinajstić information content (AvgIpc) is 0.747. The van der Waals surface area contributed by atoms with Crippen molar-refractivity contribution in [2.75, 3.05) is 0 Å². The van der Waals surface area contributed by atoms with Crippen LogP contribution in [0, 0.1) is 0 Å². The molecule has 10 aromatic carbocycles. The van der Waals surface area contributed by atoms with Gasteiger partial charge in [-0.1, -0.05) is 76.0 Å². The van der Waals surface area contributed by atoms with E-state index in [1.807, 2.05) is 218 Å². The Morgan fingerprint density at radius 3 is 0.333 bits per heavy atom. The molecule has 10 rings (SSSR count). The molecule has 0 unspecified atom stereocenters. The van der Waals surface area contributed by atoms with Crippen LogP contribution in [0.5, 0.6) is 51.7 Å². The molecule has 0 aliphatic carbocycles. The first-order valence-electron chi connectivity index (χ1n) is 51.6. The van der Waals surface area contributed by atoms with Crippen molar-refractivity contribution in [2.24, 2.45) is 0 Å². The average molecular weight is 2100 g/mol. The third-order valence-electron chi connectivity index (χ3n) is 28.4. The van der Waals surface area contributed by atoms with E-state index in [2.05, 4.69) is 136 Å². The minimum atomic E-state index is -2.62. The second-order valence-electron chi connectivity index (χ2n) is 45.3. The number of benzene rings is 10. The van der Waals surface area contributed by atoms with Gasteiger partial charge in [-0.05, 0) is 481 Å². The molecule has 10 aromatic rings. The van der Waals surface area contributed by atoms with E-state index in [-0.39, 0.29) is 0 Å². The van der Waals surface area contributed by atoms with Crippen LogP contribution in [0.1, 0.15) is 225 Å². The van der Waals surface area contributed by atoms with Crippen molar-refractivity contribution in [1.82, 2.24) is 0 Å². The monoisotopic (exact) mass is 2100 g/mol. The quantitative estimate of drug-likeness (QED) is 0.0254. The maximum absolute atomic E-state index is 12.2. The summed E-state index contributed by atoms with van der Waals surface area (Å²) in [5.41, 5.74) is 7.45. The zero-order valence-electron chi connectivity index (χ0n) is 88.7. The molecule has 0 spiro atoms. The summed E-state index contributed by atoms with van der Waals surface area (Å²) < 4.78 is 65.0. The molecule has 18 nitrogen and oxygen atoms in total. The molecule has 0 saturated heterocycles. The standard InChI is InChI=1S/C117H156O18Si9/c1-136(2,127-106-46-28-94(85-118)29-47-106)73-19-64-115(65-20-74-137(3,4)128-107-48-30-95(86-119)31-49-107,66-21-75-138(5,6)129-108-50-32-96(87-120)33-51-108)103-82-104(116(67-22-76-139(7,8)130-109-52-34-97(88-121)35-53-109,68-23-77-140(9,10)131-110-54-36-98(89-122)37-55-110)69-24-78-141(11,12)132-111-56-38-99(90-123)39-57-111)84-105(83-103)117(70-25-79-142(13,14)133-112-58-40-100(91-124)41-59-112,71-26-80-143(15,16)134-113-60-42-101(92-125)43-61-113)72-27-81-144(17,18)135-114-62-44-102(93-126)45-63-114/h28-63,82-93H,19-27,64-81H2,1-18H3. The highest BCUT2D eigenvalue weighted by atomic mass is 28.4. The number of carbonyl (C=O) groups excluding carboxylic acids is 9. The maximum atomic E-state index is 12.2. The van der Waals surface area contributed by atoms with Crippen LogP contribution in [-0.4, -0.2) is 131 Å². The number of hydrogen-bond acceptors (Lipinski definition) is 18. The van der Waals surface area contributed by atoms with E-state index in [9.17, 15) is 43.2 Å². The first kappa shape index (κ1) is 115. The second-order valence-corrected chi connectivity index (χ2v) is 83.3. The van der Waals surface area contributed by atoms with E-state index in [1.165, 1.54) is 16.7 Å².